The number of carbonyl (C=O) groups is 1. The number of sulfonamides is 1. The van der Waals surface area contributed by atoms with E-state index < -0.39 is 21.5 Å². The van der Waals surface area contributed by atoms with Gasteiger partial charge in [0, 0.05) is 5.54 Å². The van der Waals surface area contributed by atoms with Gasteiger partial charge >= 0.3 is 5.97 Å². The van der Waals surface area contributed by atoms with Crippen LogP contribution in [0.4, 0.5) is 0 Å². The van der Waals surface area contributed by atoms with Crippen LogP contribution in [0.1, 0.15) is 19.3 Å². The van der Waals surface area contributed by atoms with Crippen LogP contribution in [0.15, 0.2) is 35.2 Å². The Morgan fingerprint density at radius 1 is 1.25 bits per heavy atom. The topological polar surface area (TPSA) is 83.5 Å². The Labute approximate surface area is 122 Å². The molecule has 110 valence electrons. The van der Waals surface area contributed by atoms with Gasteiger partial charge in [-0.1, -0.05) is 18.2 Å². The van der Waals surface area contributed by atoms with Crippen LogP contribution in [0.3, 0.4) is 0 Å². The average Bonchev–Trinajstić information content (AvgIpc) is 2.39. The SMILES string of the molecule is O=C(O)CC1(NS(=O)(=O)c2ccccc2)CCSCC1. The highest BCUT2D eigenvalue weighted by molar-refractivity contribution is 7.99. The predicted octanol–water partition coefficient (Wildman–Crippen LogP) is 1.71. The lowest BCUT2D eigenvalue weighted by Crippen LogP contribution is -2.51. The van der Waals surface area contributed by atoms with E-state index in [1.54, 1.807) is 30.0 Å². The molecule has 1 aliphatic rings. The molecule has 0 unspecified atom stereocenters. The number of hydrogen-bond acceptors (Lipinski definition) is 4. The fraction of sp³-hybridized carbons (Fsp3) is 0.462. The molecule has 2 rings (SSSR count). The van der Waals surface area contributed by atoms with Gasteiger partial charge in [0.1, 0.15) is 0 Å². The van der Waals surface area contributed by atoms with Crippen molar-refractivity contribution in [1.29, 1.82) is 0 Å². The van der Waals surface area contributed by atoms with E-state index in [0.717, 1.165) is 11.5 Å². The second-order valence-corrected chi connectivity index (χ2v) is 7.79. The number of aliphatic carboxylic acids is 1. The normalized spacial score (nSPS) is 18.6. The number of carboxylic acid groups (broad SMARTS) is 1. The van der Waals surface area contributed by atoms with Gasteiger partial charge in [-0.25, -0.2) is 13.1 Å². The second-order valence-electron chi connectivity index (χ2n) is 4.88. The van der Waals surface area contributed by atoms with Crippen LogP contribution < -0.4 is 4.72 Å². The summed E-state index contributed by atoms with van der Waals surface area (Å²) in [6.45, 7) is 0. The summed E-state index contributed by atoms with van der Waals surface area (Å²) in [6.07, 6.45) is 0.895. The lowest BCUT2D eigenvalue weighted by Gasteiger charge is -2.36. The van der Waals surface area contributed by atoms with Gasteiger partial charge in [0.25, 0.3) is 0 Å². The first-order chi connectivity index (χ1) is 9.44. The monoisotopic (exact) mass is 315 g/mol. The molecule has 2 N–H and O–H groups in total. The Bertz CT molecular complexity index is 565. The molecule has 0 aromatic heterocycles. The minimum absolute atomic E-state index is 0.169. The maximum Gasteiger partial charge on any atom is 0.305 e. The van der Waals surface area contributed by atoms with E-state index in [4.69, 9.17) is 5.11 Å². The Hall–Kier alpha value is -1.05. The number of carboxylic acids is 1. The summed E-state index contributed by atoms with van der Waals surface area (Å²) in [5, 5.41) is 9.06. The third-order valence-electron chi connectivity index (χ3n) is 3.34. The molecule has 0 spiro atoms. The van der Waals surface area contributed by atoms with Crippen molar-refractivity contribution in [3.8, 4) is 0 Å². The molecule has 0 atom stereocenters. The third kappa shape index (κ3) is 3.74. The Morgan fingerprint density at radius 3 is 2.40 bits per heavy atom. The van der Waals surface area contributed by atoms with E-state index in [1.165, 1.54) is 12.1 Å². The van der Waals surface area contributed by atoms with Gasteiger partial charge < -0.3 is 5.11 Å². The highest BCUT2D eigenvalue weighted by Gasteiger charge is 2.38. The van der Waals surface area contributed by atoms with Gasteiger partial charge in [-0.3, -0.25) is 4.79 Å². The van der Waals surface area contributed by atoms with Crippen LogP contribution in [0, 0.1) is 0 Å². The summed E-state index contributed by atoms with van der Waals surface area (Å²) in [5.74, 6) is 0.558. The number of benzene rings is 1. The fourth-order valence-electron chi connectivity index (χ4n) is 2.31. The zero-order chi connectivity index (χ0) is 14.6. The van der Waals surface area contributed by atoms with E-state index >= 15 is 0 Å². The van der Waals surface area contributed by atoms with Crippen molar-refractivity contribution in [3.05, 3.63) is 30.3 Å². The van der Waals surface area contributed by atoms with Crippen LogP contribution in [-0.2, 0) is 14.8 Å². The van der Waals surface area contributed by atoms with Crippen molar-refractivity contribution in [1.82, 2.24) is 4.72 Å². The maximum absolute atomic E-state index is 12.4. The smallest absolute Gasteiger partial charge is 0.305 e. The van der Waals surface area contributed by atoms with Crippen molar-refractivity contribution in [2.45, 2.75) is 29.7 Å². The van der Waals surface area contributed by atoms with Crippen LogP contribution >= 0.6 is 11.8 Å². The summed E-state index contributed by atoms with van der Waals surface area (Å²) in [7, 11) is -3.69. The Balaban J connectivity index is 2.25. The molecular weight excluding hydrogens is 298 g/mol. The number of thioether (sulfide) groups is 1. The molecule has 0 bridgehead atoms. The molecule has 1 fully saturated rings. The molecule has 7 heteroatoms. The first kappa shape index (κ1) is 15.3. The molecule has 0 amide bonds. The quantitative estimate of drug-likeness (QED) is 0.864. The van der Waals surface area contributed by atoms with Gasteiger partial charge in [0.05, 0.1) is 11.3 Å². The standard InChI is InChI=1S/C13H17NO4S2/c15-12(16)10-13(6-8-19-9-7-13)14-20(17,18)11-4-2-1-3-5-11/h1-5,14H,6-10H2,(H,15,16). The highest BCUT2D eigenvalue weighted by Crippen LogP contribution is 2.31. The minimum atomic E-state index is -3.69. The molecule has 1 saturated heterocycles. The van der Waals surface area contributed by atoms with Crippen LogP contribution in [0.25, 0.3) is 0 Å². The molecule has 0 radical (unpaired) electrons. The fourth-order valence-corrected chi connectivity index (χ4v) is 5.06. The molecule has 1 heterocycles. The molecule has 5 nitrogen and oxygen atoms in total. The van der Waals surface area contributed by atoms with E-state index in [2.05, 4.69) is 4.72 Å². The van der Waals surface area contributed by atoms with Crippen LogP contribution in [0.2, 0.25) is 0 Å². The lowest BCUT2D eigenvalue weighted by molar-refractivity contribution is -0.138. The molecule has 1 aromatic carbocycles. The molecule has 20 heavy (non-hydrogen) atoms. The van der Waals surface area contributed by atoms with Gasteiger partial charge in [0.15, 0.2) is 0 Å². The van der Waals surface area contributed by atoms with Crippen molar-refractivity contribution in [2.24, 2.45) is 0 Å². The summed E-state index contributed by atoms with van der Waals surface area (Å²) >= 11 is 1.72. The number of rotatable bonds is 5. The highest BCUT2D eigenvalue weighted by atomic mass is 32.2. The van der Waals surface area contributed by atoms with Gasteiger partial charge in [-0.05, 0) is 36.5 Å². The van der Waals surface area contributed by atoms with Crippen molar-refractivity contribution >= 4 is 27.8 Å². The summed E-state index contributed by atoms with van der Waals surface area (Å²) in [4.78, 5) is 11.2. The minimum Gasteiger partial charge on any atom is -0.481 e. The van der Waals surface area contributed by atoms with E-state index in [1.807, 2.05) is 0 Å². The summed E-state index contributed by atoms with van der Waals surface area (Å²) in [6, 6.07) is 8.05. The summed E-state index contributed by atoms with van der Waals surface area (Å²) in [5.41, 5.74) is -0.869. The van der Waals surface area contributed by atoms with E-state index in [-0.39, 0.29) is 11.3 Å². The first-order valence-electron chi connectivity index (χ1n) is 6.32. The first-order valence-corrected chi connectivity index (χ1v) is 8.96. The van der Waals surface area contributed by atoms with Crippen molar-refractivity contribution < 1.29 is 18.3 Å². The van der Waals surface area contributed by atoms with Gasteiger partial charge in [-0.15, -0.1) is 0 Å². The molecule has 1 aliphatic heterocycles. The summed E-state index contributed by atoms with van der Waals surface area (Å²) < 4.78 is 27.4. The number of hydrogen-bond donors (Lipinski definition) is 2. The maximum atomic E-state index is 12.4. The largest absolute Gasteiger partial charge is 0.481 e. The van der Waals surface area contributed by atoms with E-state index in [9.17, 15) is 13.2 Å². The molecule has 0 saturated carbocycles. The zero-order valence-corrected chi connectivity index (χ0v) is 12.5. The molecule has 1 aromatic rings. The van der Waals surface area contributed by atoms with Gasteiger partial charge in [-0.2, -0.15) is 11.8 Å². The molecule has 0 aliphatic carbocycles. The van der Waals surface area contributed by atoms with Crippen molar-refractivity contribution in [3.63, 3.8) is 0 Å². The Morgan fingerprint density at radius 2 is 1.85 bits per heavy atom. The zero-order valence-electron chi connectivity index (χ0n) is 10.9. The average molecular weight is 315 g/mol. The second kappa shape index (κ2) is 6.15. The Kier molecular flexibility index (Phi) is 4.72. The van der Waals surface area contributed by atoms with E-state index in [0.29, 0.717) is 12.8 Å². The number of nitrogens with one attached hydrogen (secondary N) is 1. The van der Waals surface area contributed by atoms with Crippen molar-refractivity contribution in [2.75, 3.05) is 11.5 Å². The van der Waals surface area contributed by atoms with Crippen LogP contribution in [-0.4, -0.2) is 36.5 Å². The van der Waals surface area contributed by atoms with Gasteiger partial charge in [0.2, 0.25) is 10.0 Å². The molecular formula is C13H17NO4S2. The predicted molar refractivity (Wildman–Crippen MR) is 78.3 cm³/mol. The third-order valence-corrected chi connectivity index (χ3v) is 5.92. The lowest BCUT2D eigenvalue weighted by atomic mass is 9.90. The van der Waals surface area contributed by atoms with Crippen LogP contribution in [0.5, 0.6) is 0 Å².